The number of methoxy groups -OCH3 is 1. The van der Waals surface area contributed by atoms with Crippen molar-refractivity contribution in [2.45, 2.75) is 12.5 Å². The van der Waals surface area contributed by atoms with Crippen LogP contribution in [0.5, 0.6) is 0 Å². The first-order chi connectivity index (χ1) is 7.04. The van der Waals surface area contributed by atoms with Crippen LogP contribution in [-0.4, -0.2) is 19.1 Å². The first kappa shape index (κ1) is 15.2. The van der Waals surface area contributed by atoms with Crippen LogP contribution in [0.3, 0.4) is 0 Å². The van der Waals surface area contributed by atoms with Gasteiger partial charge in [-0.05, 0) is 24.1 Å². The maximum atomic E-state index is 13.0. The van der Waals surface area contributed by atoms with Crippen molar-refractivity contribution in [2.75, 3.05) is 7.11 Å². The maximum Gasteiger partial charge on any atom is 0.322 e. The summed E-state index contributed by atoms with van der Waals surface area (Å²) in [5.74, 6) is -1.04. The average molecular weight is 268 g/mol. The van der Waals surface area contributed by atoms with E-state index in [2.05, 4.69) is 4.74 Å². The van der Waals surface area contributed by atoms with Crippen LogP contribution in [0.15, 0.2) is 18.2 Å². The number of esters is 1. The van der Waals surface area contributed by atoms with E-state index in [9.17, 15) is 9.18 Å². The average Bonchev–Trinajstić information content (AvgIpc) is 2.22. The Balaban J connectivity index is 0.00000225. The molecule has 1 rings (SSSR count). The van der Waals surface area contributed by atoms with Crippen molar-refractivity contribution >= 4 is 30.0 Å². The zero-order valence-electron chi connectivity index (χ0n) is 8.57. The van der Waals surface area contributed by atoms with E-state index in [1.54, 1.807) is 6.07 Å². The molecule has 3 nitrogen and oxygen atoms in total. The van der Waals surface area contributed by atoms with Crippen molar-refractivity contribution in [1.82, 2.24) is 0 Å². The fraction of sp³-hybridized carbons (Fsp3) is 0.300. The van der Waals surface area contributed by atoms with Crippen molar-refractivity contribution in [3.05, 3.63) is 34.6 Å². The van der Waals surface area contributed by atoms with Crippen LogP contribution in [0.2, 0.25) is 5.02 Å². The highest BCUT2D eigenvalue weighted by Crippen LogP contribution is 2.16. The van der Waals surface area contributed by atoms with Crippen molar-refractivity contribution in [1.29, 1.82) is 0 Å². The van der Waals surface area contributed by atoms with Crippen LogP contribution in [0, 0.1) is 5.82 Å². The first-order valence-electron chi connectivity index (χ1n) is 4.32. The Morgan fingerprint density at radius 1 is 1.62 bits per heavy atom. The largest absolute Gasteiger partial charge is 0.468 e. The summed E-state index contributed by atoms with van der Waals surface area (Å²) in [6, 6.07) is 3.52. The Labute approximate surface area is 104 Å². The molecular formula is C10H12Cl2FNO2. The molecule has 1 atom stereocenters. The molecule has 0 fully saturated rings. The van der Waals surface area contributed by atoms with E-state index in [1.807, 2.05) is 0 Å². The molecule has 0 spiro atoms. The fourth-order valence-electron chi connectivity index (χ4n) is 1.16. The lowest BCUT2D eigenvalue weighted by Crippen LogP contribution is -2.33. The van der Waals surface area contributed by atoms with Gasteiger partial charge in [0.25, 0.3) is 0 Å². The highest BCUT2D eigenvalue weighted by atomic mass is 35.5. The van der Waals surface area contributed by atoms with E-state index in [0.717, 1.165) is 0 Å². The molecule has 90 valence electrons. The molecule has 2 N–H and O–H groups in total. The van der Waals surface area contributed by atoms with Crippen LogP contribution in [0.4, 0.5) is 4.39 Å². The minimum Gasteiger partial charge on any atom is -0.468 e. The van der Waals surface area contributed by atoms with Crippen molar-refractivity contribution in [2.24, 2.45) is 5.73 Å². The number of hydrogen-bond acceptors (Lipinski definition) is 3. The van der Waals surface area contributed by atoms with Crippen molar-refractivity contribution in [3.8, 4) is 0 Å². The highest BCUT2D eigenvalue weighted by Gasteiger charge is 2.14. The van der Waals surface area contributed by atoms with E-state index in [1.165, 1.54) is 19.2 Å². The Morgan fingerprint density at radius 3 is 2.75 bits per heavy atom. The number of benzene rings is 1. The lowest BCUT2D eigenvalue weighted by Gasteiger charge is -2.09. The molecule has 0 saturated heterocycles. The second-order valence-electron chi connectivity index (χ2n) is 3.08. The van der Waals surface area contributed by atoms with Gasteiger partial charge in [-0.1, -0.05) is 17.7 Å². The molecule has 16 heavy (non-hydrogen) atoms. The standard InChI is InChI=1S/C10H11ClFNO2.ClH/c1-15-10(14)9(13)5-6-2-3-7(11)8(12)4-6;/h2-4,9H,5,13H2,1H3;1H. The van der Waals surface area contributed by atoms with Gasteiger partial charge in [0.15, 0.2) is 0 Å². The predicted molar refractivity (Wildman–Crippen MR) is 62.4 cm³/mol. The molecule has 0 saturated carbocycles. The molecule has 1 aromatic carbocycles. The summed E-state index contributed by atoms with van der Waals surface area (Å²) in [5.41, 5.74) is 6.12. The van der Waals surface area contributed by atoms with E-state index >= 15 is 0 Å². The zero-order valence-corrected chi connectivity index (χ0v) is 10.1. The van der Waals surface area contributed by atoms with Gasteiger partial charge in [0.2, 0.25) is 0 Å². The molecule has 0 radical (unpaired) electrons. The summed E-state index contributed by atoms with van der Waals surface area (Å²) < 4.78 is 17.5. The van der Waals surface area contributed by atoms with Gasteiger partial charge in [0, 0.05) is 0 Å². The Bertz CT molecular complexity index is 374. The highest BCUT2D eigenvalue weighted by molar-refractivity contribution is 6.30. The molecule has 0 aliphatic rings. The number of hydrogen-bond donors (Lipinski definition) is 1. The monoisotopic (exact) mass is 267 g/mol. The molecule has 0 aliphatic heterocycles. The third-order valence-electron chi connectivity index (χ3n) is 1.94. The van der Waals surface area contributed by atoms with Crippen molar-refractivity contribution < 1.29 is 13.9 Å². The zero-order chi connectivity index (χ0) is 11.4. The predicted octanol–water partition coefficient (Wildman–Crippen LogP) is 1.94. The smallest absolute Gasteiger partial charge is 0.322 e. The second kappa shape index (κ2) is 6.68. The molecule has 0 aromatic heterocycles. The first-order valence-corrected chi connectivity index (χ1v) is 4.69. The van der Waals surface area contributed by atoms with Gasteiger partial charge < -0.3 is 10.5 Å². The van der Waals surface area contributed by atoms with E-state index in [-0.39, 0.29) is 23.9 Å². The Morgan fingerprint density at radius 2 is 2.25 bits per heavy atom. The fourth-order valence-corrected chi connectivity index (χ4v) is 1.27. The summed E-state index contributed by atoms with van der Waals surface area (Å²) in [4.78, 5) is 11.0. The molecule has 0 amide bonds. The van der Waals surface area contributed by atoms with E-state index in [4.69, 9.17) is 17.3 Å². The summed E-state index contributed by atoms with van der Waals surface area (Å²) in [7, 11) is 1.25. The van der Waals surface area contributed by atoms with Gasteiger partial charge >= 0.3 is 5.97 Å². The summed E-state index contributed by atoms with van der Waals surface area (Å²) in [5, 5.41) is 0.0467. The SMILES string of the molecule is COC(=O)C(N)Cc1ccc(Cl)c(F)c1.Cl. The number of halogens is 3. The van der Waals surface area contributed by atoms with Crippen LogP contribution >= 0.6 is 24.0 Å². The van der Waals surface area contributed by atoms with E-state index < -0.39 is 17.8 Å². The summed E-state index contributed by atoms with van der Waals surface area (Å²) in [6.07, 6.45) is 0.223. The summed E-state index contributed by atoms with van der Waals surface area (Å²) >= 11 is 5.51. The number of carbonyl (C=O) groups is 1. The van der Waals surface area contributed by atoms with Crippen LogP contribution in [0.25, 0.3) is 0 Å². The molecule has 1 unspecified atom stereocenters. The van der Waals surface area contributed by atoms with Gasteiger partial charge in [-0.15, -0.1) is 12.4 Å². The van der Waals surface area contributed by atoms with Crippen LogP contribution in [0.1, 0.15) is 5.56 Å². The number of ether oxygens (including phenoxy) is 1. The van der Waals surface area contributed by atoms with E-state index in [0.29, 0.717) is 5.56 Å². The quantitative estimate of drug-likeness (QED) is 0.852. The lowest BCUT2D eigenvalue weighted by molar-refractivity contribution is -0.142. The lowest BCUT2D eigenvalue weighted by atomic mass is 10.1. The number of nitrogens with two attached hydrogens (primary N) is 1. The summed E-state index contributed by atoms with van der Waals surface area (Å²) in [6.45, 7) is 0. The second-order valence-corrected chi connectivity index (χ2v) is 3.49. The van der Waals surface area contributed by atoms with Gasteiger partial charge in [-0.3, -0.25) is 4.79 Å². The molecule has 0 heterocycles. The Kier molecular flexibility index (Phi) is 6.33. The van der Waals surface area contributed by atoms with Crippen LogP contribution in [-0.2, 0) is 16.0 Å². The van der Waals surface area contributed by atoms with Gasteiger partial charge in [-0.25, -0.2) is 4.39 Å². The number of carbonyl (C=O) groups excluding carboxylic acids is 1. The number of rotatable bonds is 3. The van der Waals surface area contributed by atoms with Gasteiger partial charge in [-0.2, -0.15) is 0 Å². The molecule has 1 aromatic rings. The van der Waals surface area contributed by atoms with Gasteiger partial charge in [0.05, 0.1) is 12.1 Å². The van der Waals surface area contributed by atoms with Crippen molar-refractivity contribution in [3.63, 3.8) is 0 Å². The normalized spacial score (nSPS) is 11.5. The third kappa shape index (κ3) is 3.96. The minimum atomic E-state index is -0.782. The van der Waals surface area contributed by atoms with Crippen LogP contribution < -0.4 is 5.73 Å². The molecule has 6 heteroatoms. The van der Waals surface area contributed by atoms with Gasteiger partial charge in [0.1, 0.15) is 11.9 Å². The maximum absolute atomic E-state index is 13.0. The third-order valence-corrected chi connectivity index (χ3v) is 2.25. The topological polar surface area (TPSA) is 52.3 Å². The minimum absolute atomic E-state index is 0. The Hall–Kier alpha value is -0.840. The molecule has 0 bridgehead atoms. The molecule has 0 aliphatic carbocycles. The molecular weight excluding hydrogens is 256 g/mol.